The van der Waals surface area contributed by atoms with Gasteiger partial charge in [0.2, 0.25) is 0 Å². The smallest absolute Gasteiger partial charge is 0.154 e. The van der Waals surface area contributed by atoms with E-state index >= 15 is 0 Å². The molecule has 0 saturated carbocycles. The fourth-order valence-electron chi connectivity index (χ4n) is 4.07. The molecular formula is C24H29N3O. The van der Waals surface area contributed by atoms with Crippen LogP contribution < -0.4 is 4.90 Å². The first-order valence-electron chi connectivity index (χ1n) is 10.0. The molecule has 0 N–H and O–H groups in total. The summed E-state index contributed by atoms with van der Waals surface area (Å²) in [5, 5.41) is 1.02. The van der Waals surface area contributed by atoms with Gasteiger partial charge in [-0.2, -0.15) is 0 Å². The minimum Gasteiger partial charge on any atom is -0.355 e. The molecule has 0 radical (unpaired) electrons. The van der Waals surface area contributed by atoms with Crippen LogP contribution in [0.4, 0.5) is 5.82 Å². The molecule has 0 aliphatic carbocycles. The highest BCUT2D eigenvalue weighted by Gasteiger charge is 2.25. The van der Waals surface area contributed by atoms with E-state index in [9.17, 15) is 4.79 Å². The molecule has 4 heteroatoms. The van der Waals surface area contributed by atoms with Gasteiger partial charge in [0.15, 0.2) is 6.29 Å². The number of benzene rings is 2. The van der Waals surface area contributed by atoms with Crippen LogP contribution in [0.25, 0.3) is 16.6 Å². The van der Waals surface area contributed by atoms with E-state index in [1.54, 1.807) is 0 Å². The van der Waals surface area contributed by atoms with Crippen LogP contribution in [0.1, 0.15) is 36.7 Å². The van der Waals surface area contributed by atoms with Crippen LogP contribution in [-0.2, 0) is 5.41 Å². The lowest BCUT2D eigenvalue weighted by atomic mass is 9.87. The van der Waals surface area contributed by atoms with Crippen molar-refractivity contribution in [2.45, 2.75) is 26.2 Å². The van der Waals surface area contributed by atoms with Crippen LogP contribution in [0, 0.1) is 0 Å². The molecule has 0 amide bonds. The second-order valence-electron chi connectivity index (χ2n) is 8.79. The van der Waals surface area contributed by atoms with Crippen LogP contribution >= 0.6 is 0 Å². The minimum absolute atomic E-state index is 0.117. The number of anilines is 1. The molecule has 0 bridgehead atoms. The van der Waals surface area contributed by atoms with Gasteiger partial charge in [-0.15, -0.1) is 0 Å². The fraction of sp³-hybridized carbons (Fsp3) is 0.375. The molecule has 4 rings (SSSR count). The molecule has 146 valence electrons. The maximum absolute atomic E-state index is 12.1. The molecule has 4 nitrogen and oxygen atoms in total. The predicted octanol–water partition coefficient (Wildman–Crippen LogP) is 4.49. The van der Waals surface area contributed by atoms with Gasteiger partial charge in [-0.25, -0.2) is 0 Å². The second kappa shape index (κ2) is 7.10. The second-order valence-corrected chi connectivity index (χ2v) is 8.79. The van der Waals surface area contributed by atoms with Gasteiger partial charge < -0.3 is 9.80 Å². The van der Waals surface area contributed by atoms with Gasteiger partial charge in [0.25, 0.3) is 0 Å². The van der Waals surface area contributed by atoms with E-state index in [-0.39, 0.29) is 5.41 Å². The largest absolute Gasteiger partial charge is 0.355 e. The Morgan fingerprint density at radius 3 is 2.14 bits per heavy atom. The lowest BCUT2D eigenvalue weighted by molar-refractivity contribution is 0.112. The van der Waals surface area contributed by atoms with Gasteiger partial charge in [0.05, 0.1) is 11.1 Å². The summed E-state index contributed by atoms with van der Waals surface area (Å²) < 4.78 is 2.26. The Morgan fingerprint density at radius 2 is 1.54 bits per heavy atom. The van der Waals surface area contributed by atoms with E-state index in [0.29, 0.717) is 0 Å². The molecule has 0 spiro atoms. The lowest BCUT2D eigenvalue weighted by Gasteiger charge is -2.35. The molecule has 1 aromatic heterocycles. The van der Waals surface area contributed by atoms with Gasteiger partial charge in [0.1, 0.15) is 5.82 Å². The van der Waals surface area contributed by atoms with Gasteiger partial charge >= 0.3 is 0 Å². The van der Waals surface area contributed by atoms with Crippen molar-refractivity contribution in [3.8, 4) is 5.69 Å². The molecule has 1 aliphatic rings. The first kappa shape index (κ1) is 18.8. The Hall–Kier alpha value is -2.59. The van der Waals surface area contributed by atoms with Crippen molar-refractivity contribution < 1.29 is 4.79 Å². The number of hydrogen-bond donors (Lipinski definition) is 0. The van der Waals surface area contributed by atoms with Crippen LogP contribution in [0.5, 0.6) is 0 Å². The third kappa shape index (κ3) is 3.22. The zero-order chi connectivity index (χ0) is 19.9. The summed E-state index contributed by atoms with van der Waals surface area (Å²) in [6.45, 7) is 10.5. The summed E-state index contributed by atoms with van der Waals surface area (Å²) in [5.74, 6) is 1.02. The first-order chi connectivity index (χ1) is 13.4. The number of fused-ring (bicyclic) bond motifs is 1. The number of aldehydes is 1. The molecule has 1 fully saturated rings. The van der Waals surface area contributed by atoms with Crippen LogP contribution in [0.15, 0.2) is 48.5 Å². The molecular weight excluding hydrogens is 346 g/mol. The number of carbonyl (C=O) groups is 1. The maximum atomic E-state index is 12.1. The summed E-state index contributed by atoms with van der Waals surface area (Å²) in [4.78, 5) is 16.8. The molecule has 1 aliphatic heterocycles. The third-order valence-corrected chi connectivity index (χ3v) is 5.80. The van der Waals surface area contributed by atoms with Gasteiger partial charge in [0, 0.05) is 37.3 Å². The van der Waals surface area contributed by atoms with Crippen molar-refractivity contribution in [2.75, 3.05) is 38.1 Å². The number of aromatic nitrogens is 1. The molecule has 0 atom stereocenters. The number of rotatable bonds is 3. The Balaban J connectivity index is 1.91. The van der Waals surface area contributed by atoms with Crippen molar-refractivity contribution in [1.29, 1.82) is 0 Å². The van der Waals surface area contributed by atoms with E-state index in [4.69, 9.17) is 0 Å². The summed E-state index contributed by atoms with van der Waals surface area (Å²) in [7, 11) is 2.15. The van der Waals surface area contributed by atoms with Crippen LogP contribution in [-0.4, -0.2) is 49.0 Å². The standard InChI is InChI=1S/C24H29N3O/c1-24(2,3)18-9-11-19(12-10-18)27-22-8-6-5-7-20(22)21(17-28)23(27)26-15-13-25(4)14-16-26/h5-12,17H,13-16H2,1-4H3. The SMILES string of the molecule is CN1CCN(c2c(C=O)c3ccccc3n2-c2ccc(C(C)(C)C)cc2)CC1. The average Bonchev–Trinajstić information content (AvgIpc) is 3.02. The van der Waals surface area contributed by atoms with Crippen LogP contribution in [0.3, 0.4) is 0 Å². The third-order valence-electron chi connectivity index (χ3n) is 5.80. The van der Waals surface area contributed by atoms with Gasteiger partial charge in [-0.1, -0.05) is 51.1 Å². The topological polar surface area (TPSA) is 28.5 Å². The summed E-state index contributed by atoms with van der Waals surface area (Å²) >= 11 is 0. The highest BCUT2D eigenvalue weighted by molar-refractivity contribution is 6.05. The van der Waals surface area contributed by atoms with E-state index in [1.807, 2.05) is 12.1 Å². The Bertz CT molecular complexity index is 987. The van der Waals surface area contributed by atoms with Gasteiger partial charge in [-0.3, -0.25) is 9.36 Å². The fourth-order valence-corrected chi connectivity index (χ4v) is 4.07. The van der Waals surface area contributed by atoms with Crippen molar-refractivity contribution in [3.63, 3.8) is 0 Å². The lowest BCUT2D eigenvalue weighted by Crippen LogP contribution is -2.45. The Kier molecular flexibility index (Phi) is 4.76. The number of para-hydroxylation sites is 1. The summed E-state index contributed by atoms with van der Waals surface area (Å²) in [6, 6.07) is 17.0. The highest BCUT2D eigenvalue weighted by Crippen LogP contribution is 2.36. The zero-order valence-corrected chi connectivity index (χ0v) is 17.3. The van der Waals surface area contributed by atoms with Crippen molar-refractivity contribution >= 4 is 23.0 Å². The van der Waals surface area contributed by atoms with Crippen molar-refractivity contribution in [1.82, 2.24) is 9.47 Å². The van der Waals surface area contributed by atoms with Crippen LogP contribution in [0.2, 0.25) is 0 Å². The molecule has 28 heavy (non-hydrogen) atoms. The minimum atomic E-state index is 0.117. The van der Waals surface area contributed by atoms with Crippen molar-refractivity contribution in [3.05, 3.63) is 59.7 Å². The highest BCUT2D eigenvalue weighted by atomic mass is 16.1. The molecule has 0 unspecified atom stereocenters. The van der Waals surface area contributed by atoms with E-state index in [2.05, 4.69) is 78.6 Å². The normalized spacial score (nSPS) is 15.9. The van der Waals surface area contributed by atoms with E-state index in [0.717, 1.165) is 60.4 Å². The first-order valence-corrected chi connectivity index (χ1v) is 10.0. The number of carbonyl (C=O) groups excluding carboxylic acids is 1. The molecule has 3 aromatic rings. The molecule has 1 saturated heterocycles. The summed E-state index contributed by atoms with van der Waals surface area (Å²) in [6.07, 6.45) is 1.02. The molecule has 2 aromatic carbocycles. The average molecular weight is 376 g/mol. The summed E-state index contributed by atoms with van der Waals surface area (Å²) in [5.41, 5.74) is 4.41. The number of piperazine rings is 1. The Labute approximate surface area is 167 Å². The Morgan fingerprint density at radius 1 is 0.893 bits per heavy atom. The number of likely N-dealkylation sites (N-methyl/N-ethyl adjacent to an activating group) is 1. The van der Waals surface area contributed by atoms with E-state index < -0.39 is 0 Å². The number of hydrogen-bond acceptors (Lipinski definition) is 3. The zero-order valence-electron chi connectivity index (χ0n) is 17.3. The molecule has 2 heterocycles. The number of nitrogens with zero attached hydrogens (tertiary/aromatic N) is 3. The monoisotopic (exact) mass is 375 g/mol. The van der Waals surface area contributed by atoms with E-state index in [1.165, 1.54) is 5.56 Å². The predicted molar refractivity (Wildman–Crippen MR) is 117 cm³/mol. The van der Waals surface area contributed by atoms with Crippen molar-refractivity contribution in [2.24, 2.45) is 0 Å². The quantitative estimate of drug-likeness (QED) is 0.632. The van der Waals surface area contributed by atoms with Gasteiger partial charge in [-0.05, 0) is 36.2 Å². The maximum Gasteiger partial charge on any atom is 0.154 e.